The molecule has 14 rings (SSSR count). The molecule has 71 heavy (non-hydrogen) atoms. The number of hydrogen-bond donors (Lipinski definition) is 0. The predicted molar refractivity (Wildman–Crippen MR) is 296 cm³/mol. The number of benzene rings is 10. The van der Waals surface area contributed by atoms with Gasteiger partial charge in [-0.15, -0.1) is 0 Å². The topological polar surface area (TPSA) is 3.24 Å². The molecule has 0 N–H and O–H groups in total. The van der Waals surface area contributed by atoms with Crippen LogP contribution in [0, 0.1) is 0 Å². The van der Waals surface area contributed by atoms with Crippen molar-refractivity contribution in [2.24, 2.45) is 0 Å². The lowest BCUT2D eigenvalue weighted by atomic mass is 9.67. The first-order chi connectivity index (χ1) is 35.0. The Labute approximate surface area is 418 Å². The Hall–Kier alpha value is -8.00. The zero-order valence-corrected chi connectivity index (χ0v) is 40.5. The number of fused-ring (bicyclic) bond motifs is 11. The summed E-state index contributed by atoms with van der Waals surface area (Å²) >= 11 is 0. The van der Waals surface area contributed by atoms with E-state index in [1.54, 1.807) is 0 Å². The Morgan fingerprint density at radius 3 is 1.52 bits per heavy atom. The smallest absolute Gasteiger partial charge is 0.0714 e. The van der Waals surface area contributed by atoms with Crippen molar-refractivity contribution in [3.63, 3.8) is 0 Å². The minimum atomic E-state index is -0.511. The van der Waals surface area contributed by atoms with Crippen molar-refractivity contribution >= 4 is 17.1 Å². The maximum atomic E-state index is 2.58. The van der Waals surface area contributed by atoms with E-state index in [9.17, 15) is 0 Å². The molecule has 1 saturated carbocycles. The Bertz CT molecular complexity index is 3660. The Morgan fingerprint density at radius 2 is 0.831 bits per heavy atom. The van der Waals surface area contributed by atoms with Gasteiger partial charge in [0.05, 0.1) is 11.1 Å². The first-order valence-corrected chi connectivity index (χ1v) is 25.8. The van der Waals surface area contributed by atoms with E-state index in [1.807, 2.05) is 0 Å². The summed E-state index contributed by atoms with van der Waals surface area (Å²) in [5.41, 5.74) is 27.0. The van der Waals surface area contributed by atoms with Gasteiger partial charge in [0.25, 0.3) is 0 Å². The maximum absolute atomic E-state index is 2.58. The molecule has 1 nitrogen and oxygen atoms in total. The van der Waals surface area contributed by atoms with Crippen LogP contribution >= 0.6 is 0 Å². The number of rotatable bonds is 7. The molecule has 0 aromatic heterocycles. The van der Waals surface area contributed by atoms with Crippen LogP contribution in [0.2, 0.25) is 0 Å². The monoisotopic (exact) mass is 909 g/mol. The van der Waals surface area contributed by atoms with Crippen LogP contribution in [0.25, 0.3) is 55.6 Å². The largest absolute Gasteiger partial charge is 0.310 e. The third-order valence-corrected chi connectivity index (χ3v) is 17.2. The third-order valence-electron chi connectivity index (χ3n) is 17.2. The standard InChI is InChI=1S/C70H55N/c1-68(2)60-33-15-12-29-55(60)58-32-20-31-57(67(58)68)53-27-11-10-26-52(53)47-38-40-50(41-39-47)71(51-42-43-56-54-28-13-16-34-61(54)69(64(56)46-51)44-18-5-19-45-69)65-37-21-36-63-66(65)59-30-14-17-35-62(59)70(63,48-22-6-3-7-23-48)49-24-8-4-9-25-49/h3-4,6-17,20-43,46H,5,18-19,44-45H2,1-2H3. The summed E-state index contributed by atoms with van der Waals surface area (Å²) in [7, 11) is 0. The van der Waals surface area contributed by atoms with E-state index in [0.717, 1.165) is 5.69 Å². The lowest BCUT2D eigenvalue weighted by molar-refractivity contribution is 0.353. The van der Waals surface area contributed by atoms with Crippen LogP contribution in [0.1, 0.15) is 90.5 Å². The number of anilines is 3. The second kappa shape index (κ2) is 16.0. The molecule has 0 aliphatic heterocycles. The van der Waals surface area contributed by atoms with Gasteiger partial charge in [0.15, 0.2) is 0 Å². The van der Waals surface area contributed by atoms with Crippen molar-refractivity contribution in [3.8, 4) is 55.6 Å². The molecule has 0 atom stereocenters. The molecule has 340 valence electrons. The molecule has 4 aliphatic rings. The molecule has 0 amide bonds. The quantitative estimate of drug-likeness (QED) is 0.154. The molecule has 0 unspecified atom stereocenters. The van der Waals surface area contributed by atoms with Gasteiger partial charge in [-0.25, -0.2) is 0 Å². The van der Waals surface area contributed by atoms with Crippen molar-refractivity contribution in [1.82, 2.24) is 0 Å². The number of nitrogens with zero attached hydrogens (tertiary/aromatic N) is 1. The number of hydrogen-bond acceptors (Lipinski definition) is 1. The molecule has 10 aromatic rings. The minimum Gasteiger partial charge on any atom is -0.310 e. The summed E-state index contributed by atoms with van der Waals surface area (Å²) in [6.07, 6.45) is 6.19. The summed E-state index contributed by atoms with van der Waals surface area (Å²) in [5, 5.41) is 0. The van der Waals surface area contributed by atoms with Crippen LogP contribution in [-0.4, -0.2) is 0 Å². The second-order valence-electron chi connectivity index (χ2n) is 21.0. The van der Waals surface area contributed by atoms with Gasteiger partial charge in [-0.2, -0.15) is 0 Å². The van der Waals surface area contributed by atoms with E-state index in [-0.39, 0.29) is 10.8 Å². The van der Waals surface area contributed by atoms with Crippen molar-refractivity contribution in [3.05, 3.63) is 281 Å². The Morgan fingerprint density at radius 1 is 0.338 bits per heavy atom. The summed E-state index contributed by atoms with van der Waals surface area (Å²) in [6.45, 7) is 4.78. The fourth-order valence-corrected chi connectivity index (χ4v) is 14.2. The maximum Gasteiger partial charge on any atom is 0.0714 e. The van der Waals surface area contributed by atoms with Crippen molar-refractivity contribution in [2.45, 2.75) is 62.2 Å². The van der Waals surface area contributed by atoms with Gasteiger partial charge in [-0.05, 0) is 138 Å². The normalized spacial score (nSPS) is 15.8. The van der Waals surface area contributed by atoms with E-state index < -0.39 is 5.41 Å². The molecule has 4 aliphatic carbocycles. The minimum absolute atomic E-state index is 0.0218. The third kappa shape index (κ3) is 5.99. The van der Waals surface area contributed by atoms with E-state index in [4.69, 9.17) is 0 Å². The highest BCUT2D eigenvalue weighted by Gasteiger charge is 2.48. The summed E-state index contributed by atoms with van der Waals surface area (Å²) in [6, 6.07) is 89.7. The van der Waals surface area contributed by atoms with Crippen LogP contribution < -0.4 is 4.90 Å². The fraction of sp³-hybridized carbons (Fsp3) is 0.143. The van der Waals surface area contributed by atoms with Crippen LogP contribution in [-0.2, 0) is 16.2 Å². The molecule has 1 fully saturated rings. The van der Waals surface area contributed by atoms with Crippen LogP contribution in [0.3, 0.4) is 0 Å². The van der Waals surface area contributed by atoms with E-state index in [0.29, 0.717) is 0 Å². The molecule has 10 aromatic carbocycles. The fourth-order valence-electron chi connectivity index (χ4n) is 14.2. The average Bonchev–Trinajstić information content (AvgIpc) is 3.98. The van der Waals surface area contributed by atoms with Crippen molar-refractivity contribution < 1.29 is 0 Å². The van der Waals surface area contributed by atoms with Crippen molar-refractivity contribution in [1.29, 1.82) is 0 Å². The Kier molecular flexibility index (Phi) is 9.46. The van der Waals surface area contributed by atoms with Gasteiger partial charge >= 0.3 is 0 Å². The van der Waals surface area contributed by atoms with Gasteiger partial charge in [0, 0.05) is 27.8 Å². The van der Waals surface area contributed by atoms with Crippen LogP contribution in [0.5, 0.6) is 0 Å². The van der Waals surface area contributed by atoms with E-state index in [1.165, 1.54) is 144 Å². The van der Waals surface area contributed by atoms with Crippen LogP contribution in [0.15, 0.2) is 237 Å². The van der Waals surface area contributed by atoms with E-state index in [2.05, 4.69) is 255 Å². The lowest BCUT2D eigenvalue weighted by Crippen LogP contribution is -2.28. The van der Waals surface area contributed by atoms with Gasteiger partial charge in [-0.1, -0.05) is 239 Å². The van der Waals surface area contributed by atoms with Gasteiger partial charge < -0.3 is 4.90 Å². The van der Waals surface area contributed by atoms with Gasteiger partial charge in [0.1, 0.15) is 0 Å². The van der Waals surface area contributed by atoms with Crippen molar-refractivity contribution in [2.75, 3.05) is 4.90 Å². The summed E-state index contributed by atoms with van der Waals surface area (Å²) < 4.78 is 0. The zero-order chi connectivity index (χ0) is 47.3. The predicted octanol–water partition coefficient (Wildman–Crippen LogP) is 18.4. The van der Waals surface area contributed by atoms with Gasteiger partial charge in [-0.3, -0.25) is 0 Å². The molecular weight excluding hydrogens is 855 g/mol. The molecule has 0 heterocycles. The molecule has 1 heteroatoms. The molecule has 0 radical (unpaired) electrons. The first-order valence-electron chi connectivity index (χ1n) is 25.8. The van der Waals surface area contributed by atoms with Gasteiger partial charge in [0.2, 0.25) is 0 Å². The highest BCUT2D eigenvalue weighted by Crippen LogP contribution is 2.61. The first kappa shape index (κ1) is 41.9. The van der Waals surface area contributed by atoms with Crippen LogP contribution in [0.4, 0.5) is 17.1 Å². The second-order valence-corrected chi connectivity index (χ2v) is 21.0. The Balaban J connectivity index is 0.979. The average molecular weight is 910 g/mol. The molecule has 0 bridgehead atoms. The zero-order valence-electron chi connectivity index (χ0n) is 40.5. The molecule has 1 spiro atoms. The molecular formula is C70H55N. The summed E-state index contributed by atoms with van der Waals surface area (Å²) in [4.78, 5) is 2.58. The lowest BCUT2D eigenvalue weighted by Gasteiger charge is -2.37. The highest BCUT2D eigenvalue weighted by molar-refractivity contribution is 5.99. The molecule has 0 saturated heterocycles. The SMILES string of the molecule is CC1(C)c2ccccc2-c2cccc(-c3ccccc3-c3ccc(N(c4ccc5c(c4)C4(CCCCC4)c4ccccc4-5)c4cccc5c4-c4ccccc4C5(c4ccccc4)c4ccccc4)cc3)c21. The van der Waals surface area contributed by atoms with E-state index >= 15 is 0 Å². The summed E-state index contributed by atoms with van der Waals surface area (Å²) in [5.74, 6) is 0. The highest BCUT2D eigenvalue weighted by atomic mass is 15.1.